The molecule has 1 heterocycles. The lowest BCUT2D eigenvalue weighted by atomic mass is 9.87. The van der Waals surface area contributed by atoms with Gasteiger partial charge < -0.3 is 15.0 Å². The Balaban J connectivity index is 2.33. The van der Waals surface area contributed by atoms with E-state index in [4.69, 9.17) is 5.02 Å². The Hall–Kier alpha value is -0.545. The van der Waals surface area contributed by atoms with E-state index in [1.165, 1.54) is 0 Å². The Morgan fingerprint density at radius 2 is 2.60 bits per heavy atom. The van der Waals surface area contributed by atoms with Crippen molar-refractivity contribution in [2.24, 2.45) is 0 Å². The predicted octanol–water partition coefficient (Wildman–Crippen LogP) is -0.998. The summed E-state index contributed by atoms with van der Waals surface area (Å²) in [7, 11) is -0.643. The fourth-order valence-electron chi connectivity index (χ4n) is 0.938. The lowest BCUT2D eigenvalue weighted by molar-refractivity contribution is -0.139. The highest BCUT2D eigenvalue weighted by atomic mass is 16.5. The van der Waals surface area contributed by atoms with Gasteiger partial charge >= 0.3 is 13.0 Å². The zero-order valence-corrected chi connectivity index (χ0v) is 5.83. The SMILES string of the molecule is CB(O)N[C@H]1CCOC1=O. The summed E-state index contributed by atoms with van der Waals surface area (Å²) < 4.78 is 4.65. The molecule has 0 aromatic carbocycles. The molecule has 1 fully saturated rings. The molecule has 0 aromatic heterocycles. The van der Waals surface area contributed by atoms with Gasteiger partial charge in [0, 0.05) is 6.42 Å². The monoisotopic (exact) mass is 143 g/mol. The van der Waals surface area contributed by atoms with Crippen LogP contribution < -0.4 is 5.23 Å². The lowest BCUT2D eigenvalue weighted by Gasteiger charge is -2.06. The molecular weight excluding hydrogens is 133 g/mol. The standard InChI is InChI=1S/C5H10BNO3/c1-6(9)7-4-2-3-10-5(4)8/h4,7,9H,2-3H2,1H3/t4-/m0/s1. The van der Waals surface area contributed by atoms with Crippen molar-refractivity contribution >= 4 is 13.0 Å². The first kappa shape index (κ1) is 7.56. The molecule has 0 radical (unpaired) electrons. The zero-order valence-electron chi connectivity index (χ0n) is 5.83. The van der Waals surface area contributed by atoms with Crippen LogP contribution in [0.25, 0.3) is 0 Å². The van der Waals surface area contributed by atoms with Crippen LogP contribution >= 0.6 is 0 Å². The van der Waals surface area contributed by atoms with Crippen LogP contribution in [0.4, 0.5) is 0 Å². The Morgan fingerprint density at radius 3 is 3.00 bits per heavy atom. The van der Waals surface area contributed by atoms with E-state index in [2.05, 4.69) is 9.96 Å². The van der Waals surface area contributed by atoms with Crippen molar-refractivity contribution in [2.75, 3.05) is 6.61 Å². The first-order chi connectivity index (χ1) is 4.70. The molecule has 0 saturated carbocycles. The zero-order chi connectivity index (χ0) is 7.56. The molecule has 0 unspecified atom stereocenters. The third-order valence-electron chi connectivity index (χ3n) is 1.38. The number of hydrogen-bond acceptors (Lipinski definition) is 4. The average molecular weight is 143 g/mol. The van der Waals surface area contributed by atoms with Gasteiger partial charge in [0.2, 0.25) is 0 Å². The molecule has 0 aliphatic carbocycles. The van der Waals surface area contributed by atoms with E-state index < -0.39 is 7.05 Å². The molecule has 4 nitrogen and oxygen atoms in total. The quantitative estimate of drug-likeness (QED) is 0.384. The fraction of sp³-hybridized carbons (Fsp3) is 0.800. The molecule has 1 aliphatic heterocycles. The molecule has 1 aliphatic rings. The first-order valence-corrected chi connectivity index (χ1v) is 3.31. The highest BCUT2D eigenvalue weighted by Gasteiger charge is 2.27. The molecule has 56 valence electrons. The van der Waals surface area contributed by atoms with Crippen molar-refractivity contribution in [1.82, 2.24) is 5.23 Å². The lowest BCUT2D eigenvalue weighted by Crippen LogP contribution is -2.42. The van der Waals surface area contributed by atoms with Crippen LogP contribution in [0, 0.1) is 0 Å². The van der Waals surface area contributed by atoms with E-state index in [-0.39, 0.29) is 12.0 Å². The summed E-state index contributed by atoms with van der Waals surface area (Å²) in [5, 5.41) is 11.5. The number of carbonyl (C=O) groups is 1. The van der Waals surface area contributed by atoms with E-state index in [1.807, 2.05) is 0 Å². The Morgan fingerprint density at radius 1 is 1.90 bits per heavy atom. The van der Waals surface area contributed by atoms with Gasteiger partial charge in [-0.25, -0.2) is 0 Å². The molecule has 1 rings (SSSR count). The van der Waals surface area contributed by atoms with Crippen LogP contribution in [0.3, 0.4) is 0 Å². The summed E-state index contributed by atoms with van der Waals surface area (Å²) in [6, 6.07) is -0.306. The number of nitrogens with one attached hydrogen (secondary N) is 1. The maximum Gasteiger partial charge on any atom is 0.374 e. The largest absolute Gasteiger partial charge is 0.464 e. The minimum absolute atomic E-state index is 0.263. The van der Waals surface area contributed by atoms with E-state index >= 15 is 0 Å². The summed E-state index contributed by atoms with van der Waals surface area (Å²) in [5.41, 5.74) is 0. The Kier molecular flexibility index (Phi) is 2.29. The smallest absolute Gasteiger partial charge is 0.374 e. The van der Waals surface area contributed by atoms with Gasteiger partial charge in [0.1, 0.15) is 6.04 Å². The number of rotatable bonds is 2. The Labute approximate surface area is 59.7 Å². The molecule has 1 saturated heterocycles. The second-order valence-electron chi connectivity index (χ2n) is 2.35. The second-order valence-corrected chi connectivity index (χ2v) is 2.35. The van der Waals surface area contributed by atoms with E-state index in [0.717, 1.165) is 0 Å². The first-order valence-electron chi connectivity index (χ1n) is 3.31. The molecule has 0 spiro atoms. The minimum Gasteiger partial charge on any atom is -0.464 e. The summed E-state index contributed by atoms with van der Waals surface area (Å²) >= 11 is 0. The van der Waals surface area contributed by atoms with Crippen LogP contribution in [-0.2, 0) is 9.53 Å². The van der Waals surface area contributed by atoms with Gasteiger partial charge in [0.15, 0.2) is 0 Å². The summed E-state index contributed by atoms with van der Waals surface area (Å²) in [6.07, 6.45) is 0.656. The van der Waals surface area contributed by atoms with E-state index in [9.17, 15) is 4.79 Å². The van der Waals surface area contributed by atoms with Crippen LogP contribution in [0.15, 0.2) is 0 Å². The topological polar surface area (TPSA) is 58.6 Å². The van der Waals surface area contributed by atoms with E-state index in [1.54, 1.807) is 6.82 Å². The van der Waals surface area contributed by atoms with Gasteiger partial charge in [-0.3, -0.25) is 4.79 Å². The van der Waals surface area contributed by atoms with Crippen LogP contribution in [-0.4, -0.2) is 30.7 Å². The molecule has 0 aromatic rings. The van der Waals surface area contributed by atoms with Gasteiger partial charge in [0.05, 0.1) is 6.61 Å². The Bertz CT molecular complexity index is 139. The average Bonchev–Trinajstić information content (AvgIpc) is 2.15. The van der Waals surface area contributed by atoms with Gasteiger partial charge in [-0.05, 0) is 6.82 Å². The van der Waals surface area contributed by atoms with Crippen molar-refractivity contribution in [3.8, 4) is 0 Å². The van der Waals surface area contributed by atoms with Crippen molar-refractivity contribution in [3.63, 3.8) is 0 Å². The fourth-order valence-corrected chi connectivity index (χ4v) is 0.938. The normalized spacial score (nSPS) is 24.6. The predicted molar refractivity (Wildman–Crippen MR) is 36.3 cm³/mol. The molecular formula is C5H10BNO3. The van der Waals surface area contributed by atoms with Gasteiger partial charge in [-0.15, -0.1) is 0 Å². The van der Waals surface area contributed by atoms with Gasteiger partial charge in [0.25, 0.3) is 0 Å². The van der Waals surface area contributed by atoms with Crippen LogP contribution in [0.2, 0.25) is 6.82 Å². The minimum atomic E-state index is -0.643. The highest BCUT2D eigenvalue weighted by molar-refractivity contribution is 6.46. The maximum atomic E-state index is 10.7. The summed E-state index contributed by atoms with van der Waals surface area (Å²) in [6.45, 7) is 2.04. The van der Waals surface area contributed by atoms with Crippen molar-refractivity contribution < 1.29 is 14.6 Å². The summed E-state index contributed by atoms with van der Waals surface area (Å²) in [4.78, 5) is 10.7. The van der Waals surface area contributed by atoms with E-state index in [0.29, 0.717) is 13.0 Å². The van der Waals surface area contributed by atoms with Gasteiger partial charge in [-0.1, -0.05) is 0 Å². The van der Waals surface area contributed by atoms with Crippen LogP contribution in [0.5, 0.6) is 0 Å². The number of cyclic esters (lactones) is 1. The summed E-state index contributed by atoms with van der Waals surface area (Å²) in [5.74, 6) is -0.263. The number of hydrogen-bond donors (Lipinski definition) is 2. The van der Waals surface area contributed by atoms with Crippen molar-refractivity contribution in [3.05, 3.63) is 0 Å². The molecule has 0 amide bonds. The maximum absolute atomic E-state index is 10.7. The van der Waals surface area contributed by atoms with Gasteiger partial charge in [-0.2, -0.15) is 0 Å². The highest BCUT2D eigenvalue weighted by Crippen LogP contribution is 2.04. The second kappa shape index (κ2) is 3.03. The molecule has 2 N–H and O–H groups in total. The number of carbonyl (C=O) groups excluding carboxylic acids is 1. The molecule has 10 heavy (non-hydrogen) atoms. The number of esters is 1. The van der Waals surface area contributed by atoms with Crippen molar-refractivity contribution in [1.29, 1.82) is 0 Å². The molecule has 5 heteroatoms. The molecule has 0 bridgehead atoms. The molecule has 1 atom stereocenters. The third-order valence-corrected chi connectivity index (χ3v) is 1.38. The number of ether oxygens (including phenoxy) is 1. The van der Waals surface area contributed by atoms with Crippen molar-refractivity contribution in [2.45, 2.75) is 19.3 Å². The third kappa shape index (κ3) is 1.72. The van der Waals surface area contributed by atoms with Crippen LogP contribution in [0.1, 0.15) is 6.42 Å².